The van der Waals surface area contributed by atoms with Crippen molar-refractivity contribution in [2.45, 2.75) is 19.8 Å². The van der Waals surface area contributed by atoms with Gasteiger partial charge in [-0.3, -0.25) is 5.32 Å². The molecule has 7 heteroatoms. The lowest BCUT2D eigenvalue weighted by atomic mass is 10.1. The smallest absolute Gasteiger partial charge is 0.338 e. The van der Waals surface area contributed by atoms with Crippen LogP contribution >= 0.6 is 11.3 Å². The summed E-state index contributed by atoms with van der Waals surface area (Å²) in [5.74, 6) is -0.662. The van der Waals surface area contributed by atoms with E-state index in [1.54, 1.807) is 5.38 Å². The van der Waals surface area contributed by atoms with Gasteiger partial charge in [0.2, 0.25) is 0 Å². The van der Waals surface area contributed by atoms with Crippen molar-refractivity contribution in [3.8, 4) is 0 Å². The van der Waals surface area contributed by atoms with Gasteiger partial charge in [-0.2, -0.15) is 0 Å². The monoisotopic (exact) mass is 311 g/mol. The zero-order valence-electron chi connectivity index (χ0n) is 12.1. The Labute approximate surface area is 128 Å². The lowest BCUT2D eigenvalue weighted by Crippen LogP contribution is -2.36. The Hall–Kier alpha value is -1.60. The SMILES string of the molecule is CC(CNC(=O)Nc1sccc1C(=O)O)CN1CCCC1. The van der Waals surface area contributed by atoms with E-state index in [1.165, 1.54) is 30.2 Å². The Morgan fingerprint density at radius 1 is 1.43 bits per heavy atom. The molecule has 21 heavy (non-hydrogen) atoms. The molecule has 0 saturated carbocycles. The Morgan fingerprint density at radius 3 is 2.81 bits per heavy atom. The van der Waals surface area contributed by atoms with E-state index < -0.39 is 5.97 Å². The summed E-state index contributed by atoms with van der Waals surface area (Å²) >= 11 is 1.21. The molecule has 1 atom stereocenters. The van der Waals surface area contributed by atoms with Crippen LogP contribution in [0.25, 0.3) is 0 Å². The number of carboxylic acids is 1. The van der Waals surface area contributed by atoms with Crippen molar-refractivity contribution in [1.82, 2.24) is 10.2 Å². The number of nitrogens with zero attached hydrogens (tertiary/aromatic N) is 1. The van der Waals surface area contributed by atoms with Gasteiger partial charge in [-0.05, 0) is 43.3 Å². The number of carboxylic acid groups (broad SMARTS) is 1. The van der Waals surface area contributed by atoms with Crippen LogP contribution < -0.4 is 10.6 Å². The summed E-state index contributed by atoms with van der Waals surface area (Å²) in [6.45, 7) is 5.96. The fourth-order valence-corrected chi connectivity index (χ4v) is 3.23. The number of urea groups is 1. The zero-order chi connectivity index (χ0) is 15.2. The molecule has 1 saturated heterocycles. The van der Waals surface area contributed by atoms with Crippen LogP contribution in [0, 0.1) is 5.92 Å². The van der Waals surface area contributed by atoms with Gasteiger partial charge in [-0.1, -0.05) is 6.92 Å². The van der Waals surface area contributed by atoms with Gasteiger partial charge in [0, 0.05) is 13.1 Å². The minimum absolute atomic E-state index is 0.125. The molecule has 0 bridgehead atoms. The van der Waals surface area contributed by atoms with Crippen LogP contribution in [0.15, 0.2) is 11.4 Å². The summed E-state index contributed by atoms with van der Waals surface area (Å²) in [6.07, 6.45) is 2.52. The number of carbonyl (C=O) groups excluding carboxylic acids is 1. The highest BCUT2D eigenvalue weighted by molar-refractivity contribution is 7.14. The molecule has 2 rings (SSSR count). The summed E-state index contributed by atoms with van der Waals surface area (Å²) in [5, 5.41) is 16.4. The standard InChI is InChI=1S/C14H21N3O3S/c1-10(9-17-5-2-3-6-17)8-15-14(20)16-12-11(13(18)19)4-7-21-12/h4,7,10H,2-3,5-6,8-9H2,1H3,(H,18,19)(H2,15,16,20). The summed E-state index contributed by atoms with van der Waals surface area (Å²) in [7, 11) is 0. The number of thiophene rings is 1. The molecule has 1 aromatic heterocycles. The lowest BCUT2D eigenvalue weighted by Gasteiger charge is -2.20. The van der Waals surface area contributed by atoms with Crippen LogP contribution in [-0.2, 0) is 0 Å². The maximum absolute atomic E-state index is 11.8. The van der Waals surface area contributed by atoms with Crippen molar-refractivity contribution in [1.29, 1.82) is 0 Å². The van der Waals surface area contributed by atoms with Crippen molar-refractivity contribution in [2.75, 3.05) is 31.5 Å². The molecule has 1 aromatic rings. The normalized spacial score (nSPS) is 16.6. The van der Waals surface area contributed by atoms with Crippen LogP contribution in [-0.4, -0.2) is 48.2 Å². The predicted molar refractivity (Wildman–Crippen MR) is 83.1 cm³/mol. The van der Waals surface area contributed by atoms with E-state index in [4.69, 9.17) is 5.11 Å². The van der Waals surface area contributed by atoms with Gasteiger partial charge >= 0.3 is 12.0 Å². The molecule has 6 nitrogen and oxygen atoms in total. The molecule has 3 N–H and O–H groups in total. The molecule has 1 fully saturated rings. The second-order valence-electron chi connectivity index (χ2n) is 5.42. The molecule has 0 aliphatic carbocycles. The number of anilines is 1. The summed E-state index contributed by atoms with van der Waals surface area (Å²) in [6, 6.07) is 1.13. The van der Waals surface area contributed by atoms with Crippen molar-refractivity contribution in [3.63, 3.8) is 0 Å². The molecule has 2 heterocycles. The topological polar surface area (TPSA) is 81.7 Å². The zero-order valence-corrected chi connectivity index (χ0v) is 12.9. The molecule has 0 spiro atoms. The number of hydrogen-bond donors (Lipinski definition) is 3. The highest BCUT2D eigenvalue weighted by atomic mass is 32.1. The van der Waals surface area contributed by atoms with Gasteiger partial charge in [0.05, 0.1) is 5.56 Å². The van der Waals surface area contributed by atoms with Gasteiger partial charge in [-0.25, -0.2) is 9.59 Å². The highest BCUT2D eigenvalue weighted by Gasteiger charge is 2.16. The van der Waals surface area contributed by atoms with Gasteiger partial charge in [0.1, 0.15) is 5.00 Å². The Balaban J connectivity index is 1.73. The molecule has 2 amide bonds. The molecular weight excluding hydrogens is 290 g/mol. The summed E-state index contributed by atoms with van der Waals surface area (Å²) in [5.41, 5.74) is 0.125. The number of amides is 2. The second-order valence-corrected chi connectivity index (χ2v) is 6.33. The van der Waals surface area contributed by atoms with E-state index in [-0.39, 0.29) is 11.6 Å². The molecule has 0 aromatic carbocycles. The van der Waals surface area contributed by atoms with Crippen LogP contribution in [0.1, 0.15) is 30.1 Å². The molecule has 0 radical (unpaired) electrons. The molecular formula is C14H21N3O3S. The van der Waals surface area contributed by atoms with Crippen LogP contribution in [0.5, 0.6) is 0 Å². The third-order valence-electron chi connectivity index (χ3n) is 3.50. The van der Waals surface area contributed by atoms with Gasteiger partial charge in [-0.15, -0.1) is 11.3 Å². The van der Waals surface area contributed by atoms with E-state index >= 15 is 0 Å². The second kappa shape index (κ2) is 7.42. The number of hydrogen-bond acceptors (Lipinski definition) is 4. The molecule has 116 valence electrons. The van der Waals surface area contributed by atoms with E-state index in [9.17, 15) is 9.59 Å². The van der Waals surface area contributed by atoms with Crippen molar-refractivity contribution in [3.05, 3.63) is 17.0 Å². The largest absolute Gasteiger partial charge is 0.478 e. The molecule has 1 aliphatic heterocycles. The first-order valence-electron chi connectivity index (χ1n) is 7.14. The van der Waals surface area contributed by atoms with E-state index in [1.807, 2.05) is 0 Å². The number of aromatic carboxylic acids is 1. The summed E-state index contributed by atoms with van der Waals surface area (Å²) < 4.78 is 0. The lowest BCUT2D eigenvalue weighted by molar-refractivity contribution is 0.0698. The molecule has 1 unspecified atom stereocenters. The fourth-order valence-electron chi connectivity index (χ4n) is 2.46. The average molecular weight is 311 g/mol. The highest BCUT2D eigenvalue weighted by Crippen LogP contribution is 2.22. The maximum atomic E-state index is 11.8. The van der Waals surface area contributed by atoms with Crippen molar-refractivity contribution in [2.24, 2.45) is 5.92 Å². The van der Waals surface area contributed by atoms with Crippen LogP contribution in [0.2, 0.25) is 0 Å². The summed E-state index contributed by atoms with van der Waals surface area (Å²) in [4.78, 5) is 25.2. The average Bonchev–Trinajstić information content (AvgIpc) is 3.07. The predicted octanol–water partition coefficient (Wildman–Crippen LogP) is 2.30. The third kappa shape index (κ3) is 4.71. The number of carbonyl (C=O) groups is 2. The fraction of sp³-hybridized carbons (Fsp3) is 0.571. The number of rotatable bonds is 6. The van der Waals surface area contributed by atoms with E-state index in [0.717, 1.165) is 19.6 Å². The van der Waals surface area contributed by atoms with E-state index in [0.29, 0.717) is 17.5 Å². The maximum Gasteiger partial charge on any atom is 0.338 e. The Morgan fingerprint density at radius 2 is 2.14 bits per heavy atom. The first kappa shape index (κ1) is 15.8. The minimum atomic E-state index is -1.03. The van der Waals surface area contributed by atoms with Gasteiger partial charge in [0.25, 0.3) is 0 Å². The van der Waals surface area contributed by atoms with Gasteiger partial charge in [0.15, 0.2) is 0 Å². The first-order chi connectivity index (χ1) is 10.1. The van der Waals surface area contributed by atoms with Crippen LogP contribution in [0.3, 0.4) is 0 Å². The Kier molecular flexibility index (Phi) is 5.58. The number of nitrogens with one attached hydrogen (secondary N) is 2. The first-order valence-corrected chi connectivity index (χ1v) is 8.02. The van der Waals surface area contributed by atoms with E-state index in [2.05, 4.69) is 22.5 Å². The minimum Gasteiger partial charge on any atom is -0.478 e. The number of likely N-dealkylation sites (tertiary alicyclic amines) is 1. The van der Waals surface area contributed by atoms with Crippen molar-refractivity contribution < 1.29 is 14.7 Å². The third-order valence-corrected chi connectivity index (χ3v) is 4.33. The van der Waals surface area contributed by atoms with Crippen LogP contribution in [0.4, 0.5) is 9.80 Å². The quantitative estimate of drug-likeness (QED) is 0.753. The van der Waals surface area contributed by atoms with Crippen molar-refractivity contribution >= 4 is 28.3 Å². The molecule has 1 aliphatic rings. The van der Waals surface area contributed by atoms with Gasteiger partial charge < -0.3 is 15.3 Å². The Bertz CT molecular complexity index is 497.